The number of rotatable bonds is 7. The fraction of sp³-hybridized carbons (Fsp3) is 0.364. The smallest absolute Gasteiger partial charge is 0.251 e. The molecule has 2 N–H and O–H groups in total. The van der Waals surface area contributed by atoms with Crippen LogP contribution in [-0.2, 0) is 16.3 Å². The van der Waals surface area contributed by atoms with E-state index in [1.165, 1.54) is 11.8 Å². The van der Waals surface area contributed by atoms with Gasteiger partial charge in [-0.25, -0.2) is 8.42 Å². The number of nitrogens with one attached hydrogen (secondary N) is 2. The Labute approximate surface area is 191 Å². The Morgan fingerprint density at radius 1 is 1.16 bits per heavy atom. The highest BCUT2D eigenvalue weighted by atomic mass is 32.2. The summed E-state index contributed by atoms with van der Waals surface area (Å²) in [6.45, 7) is 0.445. The molecule has 0 bridgehead atoms. The van der Waals surface area contributed by atoms with E-state index < -0.39 is 9.84 Å². The molecule has 32 heavy (non-hydrogen) atoms. The number of amides is 1. The maximum atomic E-state index is 12.6. The molecule has 1 saturated heterocycles. The fourth-order valence-electron chi connectivity index (χ4n) is 3.77. The molecular formula is C22H25N3O5S2. The van der Waals surface area contributed by atoms with E-state index in [1.807, 2.05) is 24.3 Å². The summed E-state index contributed by atoms with van der Waals surface area (Å²) in [6, 6.07) is 12.5. The number of hydrogen-bond donors (Lipinski definition) is 2. The van der Waals surface area contributed by atoms with Crippen LogP contribution in [0.25, 0.3) is 0 Å². The third-order valence-electron chi connectivity index (χ3n) is 5.36. The molecule has 1 fully saturated rings. The van der Waals surface area contributed by atoms with Gasteiger partial charge in [-0.1, -0.05) is 17.8 Å². The molecule has 10 heteroatoms. The number of ether oxygens (including phenoxy) is 2. The molecule has 4 rings (SSSR count). The molecule has 2 aliphatic heterocycles. The second-order valence-corrected chi connectivity index (χ2v) is 11.0. The SMILES string of the molecule is COc1ccc(OC)c(CCNC(=O)c2cccc(NC3=N[C@@H]4CS(=O)(=O)C[C@H]4S3)c2)c1. The molecule has 2 aliphatic rings. The number of nitrogens with zero attached hydrogens (tertiary/aromatic N) is 1. The number of thioether (sulfide) groups is 1. The number of methoxy groups -OCH3 is 2. The molecule has 2 heterocycles. The van der Waals surface area contributed by atoms with Gasteiger partial charge in [-0.3, -0.25) is 9.79 Å². The normalized spacial score (nSPS) is 20.9. The second kappa shape index (κ2) is 9.41. The summed E-state index contributed by atoms with van der Waals surface area (Å²) in [5, 5.41) is 6.81. The van der Waals surface area contributed by atoms with E-state index in [4.69, 9.17) is 9.47 Å². The predicted octanol–water partition coefficient (Wildman–Crippen LogP) is 2.36. The first-order chi connectivity index (χ1) is 15.4. The second-order valence-electron chi connectivity index (χ2n) is 7.62. The molecule has 2 aromatic rings. The van der Waals surface area contributed by atoms with Crippen LogP contribution in [0.1, 0.15) is 15.9 Å². The molecule has 0 spiro atoms. The van der Waals surface area contributed by atoms with Crippen LogP contribution in [0.3, 0.4) is 0 Å². The van der Waals surface area contributed by atoms with Crippen molar-refractivity contribution in [1.82, 2.24) is 5.32 Å². The molecule has 0 unspecified atom stereocenters. The fourth-order valence-corrected chi connectivity index (χ4v) is 7.44. The standard InChI is InChI=1S/C22H25N3O5S2/c1-29-17-6-7-19(30-2)14(11-17)8-9-23-21(26)15-4-3-5-16(10-15)24-22-25-18-12-32(27,28)13-20(18)31-22/h3-7,10-11,18,20H,8-9,12-13H2,1-2H3,(H,23,26)(H,24,25)/t18-,20-/m1/s1. The Balaban J connectivity index is 1.34. The summed E-state index contributed by atoms with van der Waals surface area (Å²) in [4.78, 5) is 17.1. The third kappa shape index (κ3) is 5.18. The van der Waals surface area contributed by atoms with Crippen LogP contribution in [0.5, 0.6) is 11.5 Å². The van der Waals surface area contributed by atoms with Crippen molar-refractivity contribution in [3.63, 3.8) is 0 Å². The van der Waals surface area contributed by atoms with Crippen LogP contribution in [0.15, 0.2) is 47.5 Å². The highest BCUT2D eigenvalue weighted by molar-refractivity contribution is 8.15. The number of fused-ring (bicyclic) bond motifs is 1. The van der Waals surface area contributed by atoms with Crippen molar-refractivity contribution in [3.05, 3.63) is 53.6 Å². The van der Waals surface area contributed by atoms with Gasteiger partial charge in [0.05, 0.1) is 31.8 Å². The number of carbonyl (C=O) groups is 1. The first kappa shape index (κ1) is 22.5. The van der Waals surface area contributed by atoms with Gasteiger partial charge in [-0.2, -0.15) is 0 Å². The van der Waals surface area contributed by atoms with Crippen molar-refractivity contribution < 1.29 is 22.7 Å². The largest absolute Gasteiger partial charge is 0.497 e. The van der Waals surface area contributed by atoms with E-state index >= 15 is 0 Å². The monoisotopic (exact) mass is 475 g/mol. The Morgan fingerprint density at radius 2 is 2.00 bits per heavy atom. The van der Waals surface area contributed by atoms with Crippen LogP contribution in [-0.4, -0.2) is 63.1 Å². The van der Waals surface area contributed by atoms with Crippen LogP contribution < -0.4 is 20.1 Å². The summed E-state index contributed by atoms with van der Waals surface area (Å²) >= 11 is 1.45. The van der Waals surface area contributed by atoms with Crippen molar-refractivity contribution in [1.29, 1.82) is 0 Å². The van der Waals surface area contributed by atoms with Crippen LogP contribution >= 0.6 is 11.8 Å². The minimum absolute atomic E-state index is 0.0254. The van der Waals surface area contributed by atoms with E-state index in [9.17, 15) is 13.2 Å². The molecule has 0 aliphatic carbocycles. The highest BCUT2D eigenvalue weighted by Gasteiger charge is 2.42. The van der Waals surface area contributed by atoms with E-state index in [1.54, 1.807) is 32.4 Å². The molecular weight excluding hydrogens is 450 g/mol. The van der Waals surface area contributed by atoms with Crippen molar-refractivity contribution in [3.8, 4) is 11.5 Å². The summed E-state index contributed by atoms with van der Waals surface area (Å²) in [5.41, 5.74) is 2.21. The minimum atomic E-state index is -2.98. The van der Waals surface area contributed by atoms with Gasteiger partial charge >= 0.3 is 0 Å². The molecule has 0 aromatic heterocycles. The van der Waals surface area contributed by atoms with Crippen LogP contribution in [0, 0.1) is 0 Å². The van der Waals surface area contributed by atoms with Gasteiger partial charge in [0.25, 0.3) is 5.91 Å². The zero-order valence-electron chi connectivity index (χ0n) is 17.8. The van der Waals surface area contributed by atoms with Gasteiger partial charge in [0, 0.05) is 23.0 Å². The Kier molecular flexibility index (Phi) is 6.61. The van der Waals surface area contributed by atoms with Gasteiger partial charge in [0.1, 0.15) is 11.5 Å². The average molecular weight is 476 g/mol. The van der Waals surface area contributed by atoms with Crippen molar-refractivity contribution in [2.24, 2.45) is 4.99 Å². The van der Waals surface area contributed by atoms with Crippen LogP contribution in [0.2, 0.25) is 0 Å². The number of benzene rings is 2. The summed E-state index contributed by atoms with van der Waals surface area (Å²) in [7, 11) is 0.241. The molecule has 8 nitrogen and oxygen atoms in total. The van der Waals surface area contributed by atoms with Crippen molar-refractivity contribution >= 4 is 38.4 Å². The first-order valence-corrected chi connectivity index (χ1v) is 12.9. The quantitative estimate of drug-likeness (QED) is 0.633. The Bertz CT molecular complexity index is 1150. The highest BCUT2D eigenvalue weighted by Crippen LogP contribution is 2.34. The molecule has 0 radical (unpaired) electrons. The average Bonchev–Trinajstić information content (AvgIpc) is 3.26. The van der Waals surface area contributed by atoms with E-state index in [2.05, 4.69) is 15.6 Å². The zero-order chi connectivity index (χ0) is 22.7. The van der Waals surface area contributed by atoms with Gasteiger partial charge in [0.15, 0.2) is 15.0 Å². The molecule has 1 amide bonds. The lowest BCUT2D eigenvalue weighted by atomic mass is 10.1. The topological polar surface area (TPSA) is 106 Å². The van der Waals surface area contributed by atoms with E-state index in [0.29, 0.717) is 23.7 Å². The van der Waals surface area contributed by atoms with Gasteiger partial charge < -0.3 is 20.1 Å². The third-order valence-corrected chi connectivity index (χ3v) is 8.50. The maximum absolute atomic E-state index is 12.6. The lowest BCUT2D eigenvalue weighted by molar-refractivity contribution is 0.0954. The Hall–Kier alpha value is -2.72. The number of anilines is 1. The first-order valence-electron chi connectivity index (χ1n) is 10.2. The van der Waals surface area contributed by atoms with Gasteiger partial charge in [-0.15, -0.1) is 0 Å². The zero-order valence-corrected chi connectivity index (χ0v) is 19.5. The number of amidine groups is 1. The number of hydrogen-bond acceptors (Lipinski definition) is 8. The molecule has 2 aromatic carbocycles. The van der Waals surface area contributed by atoms with E-state index in [0.717, 1.165) is 22.7 Å². The van der Waals surface area contributed by atoms with Crippen LogP contribution in [0.4, 0.5) is 5.69 Å². The van der Waals surface area contributed by atoms with Crippen molar-refractivity contribution in [2.75, 3.05) is 37.6 Å². The lowest BCUT2D eigenvalue weighted by Crippen LogP contribution is -2.26. The summed E-state index contributed by atoms with van der Waals surface area (Å²) in [5.74, 6) is 1.58. The number of aliphatic imine (C=N–C) groups is 1. The Morgan fingerprint density at radius 3 is 2.75 bits per heavy atom. The lowest BCUT2D eigenvalue weighted by Gasteiger charge is -2.12. The van der Waals surface area contributed by atoms with Gasteiger partial charge in [0.2, 0.25) is 0 Å². The number of carbonyl (C=O) groups excluding carboxylic acids is 1. The van der Waals surface area contributed by atoms with Gasteiger partial charge in [-0.05, 0) is 48.4 Å². The summed E-state index contributed by atoms with van der Waals surface area (Å²) in [6.07, 6.45) is 0.600. The number of sulfone groups is 1. The maximum Gasteiger partial charge on any atom is 0.251 e. The van der Waals surface area contributed by atoms with Crippen molar-refractivity contribution in [2.45, 2.75) is 17.7 Å². The van der Waals surface area contributed by atoms with E-state index in [-0.39, 0.29) is 28.7 Å². The minimum Gasteiger partial charge on any atom is -0.497 e. The molecule has 170 valence electrons. The molecule has 2 atom stereocenters. The summed E-state index contributed by atoms with van der Waals surface area (Å²) < 4.78 is 34.1. The predicted molar refractivity (Wildman–Crippen MR) is 127 cm³/mol. The molecule has 0 saturated carbocycles.